The second-order valence-corrected chi connectivity index (χ2v) is 26.3. The fraction of sp³-hybridized carbons (Fsp3) is 0.800. The van der Waals surface area contributed by atoms with E-state index in [1.807, 2.05) is 12.1 Å². The van der Waals surface area contributed by atoms with Gasteiger partial charge >= 0.3 is 0 Å². The molecule has 5 N–H and O–H groups in total. The Morgan fingerprint density at radius 2 is 1.00 bits per heavy atom. The van der Waals surface area contributed by atoms with E-state index in [9.17, 15) is 5.11 Å². The SMILES string of the molecule is CC(C)(C)N1CCCC1.CC(C)(C)N1CCCCO1.CC(C)(C)NCCN1CCC(O)C1.CC(C)(C)NCCN1CCCCC1.CC(C)(C)NCc1ccccc1.CC(NC(C)(C)C)c1ccccc1. The van der Waals surface area contributed by atoms with Crippen molar-refractivity contribution in [2.45, 2.75) is 235 Å². The molecule has 4 fully saturated rings. The molecular weight excluding hydrogens is 865 g/mol. The third-order valence-electron chi connectivity index (χ3n) is 12.3. The maximum atomic E-state index is 9.30. The number of aliphatic hydroxyl groups excluding tert-OH is 1. The van der Waals surface area contributed by atoms with Gasteiger partial charge in [0.15, 0.2) is 0 Å². The Hall–Kier alpha value is -1.96. The Kier molecular flexibility index (Phi) is 31.2. The zero-order valence-corrected chi connectivity index (χ0v) is 49.4. The van der Waals surface area contributed by atoms with Crippen molar-refractivity contribution in [2.75, 3.05) is 78.6 Å². The molecule has 0 spiro atoms. The van der Waals surface area contributed by atoms with E-state index in [4.69, 9.17) is 4.84 Å². The Bertz CT molecular complexity index is 1510. The molecule has 4 heterocycles. The van der Waals surface area contributed by atoms with Gasteiger partial charge in [0.2, 0.25) is 0 Å². The second kappa shape index (κ2) is 33.1. The van der Waals surface area contributed by atoms with Crippen molar-refractivity contribution in [2.24, 2.45) is 0 Å². The van der Waals surface area contributed by atoms with Crippen LogP contribution < -0.4 is 21.3 Å². The molecule has 6 rings (SSSR count). The summed E-state index contributed by atoms with van der Waals surface area (Å²) in [5.41, 5.74) is 4.14. The first-order valence-corrected chi connectivity index (χ1v) is 27.7. The lowest BCUT2D eigenvalue weighted by Crippen LogP contribution is -2.44. The van der Waals surface area contributed by atoms with Crippen LogP contribution in [0.1, 0.15) is 200 Å². The van der Waals surface area contributed by atoms with Crippen LogP contribution in [0.25, 0.3) is 0 Å². The van der Waals surface area contributed by atoms with Gasteiger partial charge in [-0.1, -0.05) is 67.1 Å². The minimum absolute atomic E-state index is 0.0883. The van der Waals surface area contributed by atoms with Crippen LogP contribution in [0.2, 0.25) is 0 Å². The lowest BCUT2D eigenvalue weighted by atomic mass is 10.0. The Labute approximate surface area is 434 Å². The first-order chi connectivity index (χ1) is 32.3. The molecule has 4 aliphatic rings. The van der Waals surface area contributed by atoms with E-state index in [0.29, 0.717) is 11.6 Å². The van der Waals surface area contributed by atoms with Gasteiger partial charge < -0.3 is 31.3 Å². The average Bonchev–Trinajstić information content (AvgIpc) is 3.97. The van der Waals surface area contributed by atoms with Crippen LogP contribution in [0, 0.1) is 0 Å². The largest absolute Gasteiger partial charge is 0.392 e. The van der Waals surface area contributed by atoms with Crippen LogP contribution in [0.5, 0.6) is 0 Å². The Balaban J connectivity index is 0.000000422. The van der Waals surface area contributed by atoms with Gasteiger partial charge in [0.1, 0.15) is 0 Å². The molecule has 2 aromatic carbocycles. The van der Waals surface area contributed by atoms with E-state index < -0.39 is 0 Å². The predicted molar refractivity (Wildman–Crippen MR) is 306 cm³/mol. The summed E-state index contributed by atoms with van der Waals surface area (Å²) in [5, 5.41) is 25.3. The quantitative estimate of drug-likeness (QED) is 0.159. The van der Waals surface area contributed by atoms with Crippen molar-refractivity contribution in [1.29, 1.82) is 0 Å². The molecule has 0 radical (unpaired) electrons. The van der Waals surface area contributed by atoms with Crippen molar-refractivity contribution in [1.82, 2.24) is 41.0 Å². The number of aliphatic hydroxyl groups is 1. The molecule has 0 aliphatic carbocycles. The topological polar surface area (TPSA) is 90.5 Å². The number of β-amino-alcohol motifs (C(OH)–C–C–N with tert-alkyl or cyclic N) is 1. The van der Waals surface area contributed by atoms with Crippen LogP contribution in [-0.4, -0.2) is 143 Å². The van der Waals surface area contributed by atoms with Crippen molar-refractivity contribution < 1.29 is 9.94 Å². The average molecular weight is 982 g/mol. The summed E-state index contributed by atoms with van der Waals surface area (Å²) in [5.74, 6) is 0. The van der Waals surface area contributed by atoms with Gasteiger partial charge in [-0.25, -0.2) is 0 Å². The molecule has 2 atom stereocenters. The van der Waals surface area contributed by atoms with Crippen LogP contribution in [-0.2, 0) is 11.4 Å². The van der Waals surface area contributed by atoms with Gasteiger partial charge in [0.05, 0.1) is 12.7 Å². The number of rotatable bonds is 10. The van der Waals surface area contributed by atoms with Crippen molar-refractivity contribution in [3.8, 4) is 0 Å². The van der Waals surface area contributed by atoms with Crippen LogP contribution in [0.4, 0.5) is 0 Å². The van der Waals surface area contributed by atoms with E-state index >= 15 is 0 Å². The summed E-state index contributed by atoms with van der Waals surface area (Å²) in [6, 6.07) is 21.4. The van der Waals surface area contributed by atoms with Gasteiger partial charge in [-0.3, -0.25) is 14.6 Å². The minimum atomic E-state index is -0.0883. The molecule has 0 amide bonds. The zero-order chi connectivity index (χ0) is 53.1. The normalized spacial score (nSPS) is 19.4. The molecular formula is C60H116N8O2. The van der Waals surface area contributed by atoms with Gasteiger partial charge in [-0.05, 0) is 214 Å². The maximum absolute atomic E-state index is 9.30. The molecule has 4 saturated heterocycles. The van der Waals surface area contributed by atoms with E-state index in [2.05, 4.69) is 221 Å². The van der Waals surface area contributed by atoms with Gasteiger partial charge in [0.25, 0.3) is 0 Å². The molecule has 10 heteroatoms. The first kappa shape index (κ1) is 66.1. The monoisotopic (exact) mass is 981 g/mol. The summed E-state index contributed by atoms with van der Waals surface area (Å²) < 4.78 is 0. The number of likely N-dealkylation sites (tertiary alicyclic amines) is 3. The lowest BCUT2D eigenvalue weighted by molar-refractivity contribution is -0.227. The zero-order valence-electron chi connectivity index (χ0n) is 49.4. The van der Waals surface area contributed by atoms with E-state index in [-0.39, 0.29) is 33.8 Å². The summed E-state index contributed by atoms with van der Waals surface area (Å²) in [7, 11) is 0. The number of hydrogen-bond donors (Lipinski definition) is 5. The standard InChI is InChI=1S/C12H19N.C11H24N2.C11H17N.C10H22N2O.C8H17NO.C8H17N/c1-10(13-12(2,3)4)11-8-6-5-7-9-11;1-11(2,3)12-7-10-13-8-5-4-6-9-13;1-11(2,3)12-9-10-7-5-4-6-8-10;1-10(2,3)11-5-7-12-6-4-9(13)8-12;1-8(2,3)9-6-4-5-7-10-9;1-8(2,3)9-6-4-5-7-9/h5-10,13H,1-4H3;12H,4-10H2,1-3H3;4-8,12H,9H2,1-3H3;9,11,13H,4-8H2,1-3H3;4-7H2,1-3H3;4-7H2,1-3H3. The highest BCUT2D eigenvalue weighted by atomic mass is 16.7. The number of nitrogens with one attached hydrogen (secondary N) is 4. The van der Waals surface area contributed by atoms with Crippen LogP contribution >= 0.6 is 0 Å². The number of benzene rings is 2. The van der Waals surface area contributed by atoms with Crippen LogP contribution in [0.15, 0.2) is 60.7 Å². The van der Waals surface area contributed by atoms with Gasteiger partial charge in [-0.2, -0.15) is 5.06 Å². The highest BCUT2D eigenvalue weighted by Gasteiger charge is 2.25. The molecule has 10 nitrogen and oxygen atoms in total. The Morgan fingerprint density at radius 1 is 0.529 bits per heavy atom. The third-order valence-corrected chi connectivity index (χ3v) is 12.3. The van der Waals surface area contributed by atoms with Crippen molar-refractivity contribution >= 4 is 0 Å². The summed E-state index contributed by atoms with van der Waals surface area (Å²) in [4.78, 5) is 12.9. The third kappa shape index (κ3) is 36.9. The molecule has 0 aromatic heterocycles. The van der Waals surface area contributed by atoms with Gasteiger partial charge in [-0.15, -0.1) is 0 Å². The molecule has 2 unspecified atom stereocenters. The number of piperidine rings is 1. The predicted octanol–water partition coefficient (Wildman–Crippen LogP) is 11.7. The van der Waals surface area contributed by atoms with E-state index in [1.165, 1.54) is 88.8 Å². The lowest BCUT2D eigenvalue weighted by Gasteiger charge is -2.36. The number of hydrogen-bond acceptors (Lipinski definition) is 10. The van der Waals surface area contributed by atoms with Crippen molar-refractivity contribution in [3.05, 3.63) is 71.8 Å². The molecule has 4 aliphatic heterocycles. The van der Waals surface area contributed by atoms with E-state index in [1.54, 1.807) is 0 Å². The summed E-state index contributed by atoms with van der Waals surface area (Å²) >= 11 is 0. The summed E-state index contributed by atoms with van der Waals surface area (Å²) in [6.07, 6.45) is 10.4. The Morgan fingerprint density at radius 3 is 1.39 bits per heavy atom. The second-order valence-electron chi connectivity index (χ2n) is 26.3. The molecule has 70 heavy (non-hydrogen) atoms. The van der Waals surface area contributed by atoms with Gasteiger partial charge in [0, 0.05) is 91.6 Å². The number of nitrogens with zero attached hydrogens (tertiary/aromatic N) is 4. The maximum Gasteiger partial charge on any atom is 0.0685 e. The fourth-order valence-corrected chi connectivity index (χ4v) is 8.33. The number of hydroxylamine groups is 2. The molecule has 2 aromatic rings. The van der Waals surface area contributed by atoms with Crippen LogP contribution in [0.3, 0.4) is 0 Å². The summed E-state index contributed by atoms with van der Waals surface area (Å²) in [6.45, 7) is 56.4. The highest BCUT2D eigenvalue weighted by molar-refractivity contribution is 5.18. The smallest absolute Gasteiger partial charge is 0.0685 e. The highest BCUT2D eigenvalue weighted by Crippen LogP contribution is 2.20. The molecule has 0 saturated carbocycles. The van der Waals surface area contributed by atoms with Crippen molar-refractivity contribution in [3.63, 3.8) is 0 Å². The van der Waals surface area contributed by atoms with E-state index in [0.717, 1.165) is 58.8 Å². The fourth-order valence-electron chi connectivity index (χ4n) is 8.33. The molecule has 408 valence electrons. The molecule has 0 bridgehead atoms. The first-order valence-electron chi connectivity index (χ1n) is 27.7. The minimum Gasteiger partial charge on any atom is -0.392 e.